The summed E-state index contributed by atoms with van der Waals surface area (Å²) in [5.41, 5.74) is 1.52. The number of carbonyl (C=O) groups excluding carboxylic acids is 1. The number of hydrogen-bond donors (Lipinski definition) is 2. The maximum Gasteiger partial charge on any atom is 0.408 e. The highest BCUT2D eigenvalue weighted by molar-refractivity contribution is 5.68. The number of aliphatic hydroxyl groups excluding tert-OH is 1. The van der Waals surface area contributed by atoms with Crippen molar-refractivity contribution in [3.8, 4) is 0 Å². The summed E-state index contributed by atoms with van der Waals surface area (Å²) >= 11 is 0. The number of likely N-dealkylation sites (tertiary alicyclic amines) is 1. The Hall–Kier alpha value is -2.37. The molecule has 1 fully saturated rings. The molecule has 0 aliphatic carbocycles. The summed E-state index contributed by atoms with van der Waals surface area (Å²) in [4.78, 5) is 14.5. The van der Waals surface area contributed by atoms with Crippen molar-refractivity contribution in [2.24, 2.45) is 0 Å². The van der Waals surface area contributed by atoms with E-state index in [-0.39, 0.29) is 13.2 Å². The van der Waals surface area contributed by atoms with Gasteiger partial charge in [-0.15, -0.1) is 0 Å². The highest BCUT2D eigenvalue weighted by Gasteiger charge is 2.36. The molecule has 1 saturated heterocycles. The molecule has 26 heavy (non-hydrogen) atoms. The average Bonchev–Trinajstić information content (AvgIpc) is 2.68. The van der Waals surface area contributed by atoms with E-state index in [0.717, 1.165) is 31.5 Å². The predicted molar refractivity (Wildman–Crippen MR) is 101 cm³/mol. The summed E-state index contributed by atoms with van der Waals surface area (Å²) in [6.07, 6.45) is 1.19. The first-order valence-corrected chi connectivity index (χ1v) is 9.05. The molecule has 5 nitrogen and oxygen atoms in total. The van der Waals surface area contributed by atoms with E-state index in [1.54, 1.807) is 0 Å². The number of aliphatic hydroxyl groups is 1. The molecule has 5 heteroatoms. The van der Waals surface area contributed by atoms with Crippen molar-refractivity contribution in [1.82, 2.24) is 10.2 Å². The van der Waals surface area contributed by atoms with Gasteiger partial charge in [-0.3, -0.25) is 4.90 Å². The van der Waals surface area contributed by atoms with Crippen molar-refractivity contribution in [2.45, 2.75) is 31.5 Å². The Morgan fingerprint density at radius 1 is 1.08 bits per heavy atom. The van der Waals surface area contributed by atoms with Gasteiger partial charge in [0.25, 0.3) is 0 Å². The van der Waals surface area contributed by atoms with E-state index in [1.165, 1.54) is 5.56 Å². The summed E-state index contributed by atoms with van der Waals surface area (Å²) in [7, 11) is 0. The van der Waals surface area contributed by atoms with Crippen molar-refractivity contribution < 1.29 is 14.6 Å². The van der Waals surface area contributed by atoms with E-state index in [0.29, 0.717) is 6.54 Å². The van der Waals surface area contributed by atoms with Gasteiger partial charge in [0.05, 0.1) is 12.1 Å². The molecule has 0 saturated carbocycles. The second kappa shape index (κ2) is 8.83. The van der Waals surface area contributed by atoms with Gasteiger partial charge in [0, 0.05) is 13.1 Å². The fourth-order valence-corrected chi connectivity index (χ4v) is 3.45. The third-order valence-electron chi connectivity index (χ3n) is 4.79. The highest BCUT2D eigenvalue weighted by atomic mass is 16.5. The van der Waals surface area contributed by atoms with E-state index < -0.39 is 11.6 Å². The van der Waals surface area contributed by atoms with Gasteiger partial charge in [-0.2, -0.15) is 0 Å². The predicted octanol–water partition coefficient (Wildman–Crippen LogP) is 2.94. The van der Waals surface area contributed by atoms with Crippen LogP contribution in [0.15, 0.2) is 60.7 Å². The number of benzene rings is 2. The first-order chi connectivity index (χ1) is 12.7. The Balaban J connectivity index is 1.56. The minimum absolute atomic E-state index is 0.0985. The van der Waals surface area contributed by atoms with Crippen LogP contribution in [0.25, 0.3) is 0 Å². The molecule has 1 heterocycles. The molecular weight excluding hydrogens is 328 g/mol. The van der Waals surface area contributed by atoms with Gasteiger partial charge >= 0.3 is 6.09 Å². The third-order valence-corrected chi connectivity index (χ3v) is 4.79. The molecule has 1 atom stereocenters. The van der Waals surface area contributed by atoms with E-state index in [4.69, 9.17) is 4.74 Å². The number of nitrogens with one attached hydrogen (secondary N) is 1. The molecule has 138 valence electrons. The topological polar surface area (TPSA) is 61.8 Å². The van der Waals surface area contributed by atoms with E-state index in [9.17, 15) is 9.90 Å². The summed E-state index contributed by atoms with van der Waals surface area (Å²) in [6, 6.07) is 19.8. The maximum atomic E-state index is 12.3. The molecule has 0 radical (unpaired) electrons. The molecular formula is C21H26N2O3. The number of amides is 1. The molecule has 0 spiro atoms. The molecule has 0 aromatic heterocycles. The Morgan fingerprint density at radius 2 is 1.73 bits per heavy atom. The Morgan fingerprint density at radius 3 is 2.38 bits per heavy atom. The molecule has 2 aromatic carbocycles. The molecule has 1 amide bonds. The van der Waals surface area contributed by atoms with Crippen molar-refractivity contribution >= 4 is 6.09 Å². The molecule has 3 rings (SSSR count). The minimum Gasteiger partial charge on any atom is -0.445 e. The number of rotatable bonds is 6. The molecule has 1 aliphatic heterocycles. The second-order valence-corrected chi connectivity index (χ2v) is 6.92. The van der Waals surface area contributed by atoms with Gasteiger partial charge in [0.1, 0.15) is 6.61 Å². The van der Waals surface area contributed by atoms with Crippen molar-refractivity contribution in [3.05, 3.63) is 71.8 Å². The fraction of sp³-hybridized carbons (Fsp3) is 0.381. The zero-order valence-electron chi connectivity index (χ0n) is 14.9. The number of hydrogen-bond acceptors (Lipinski definition) is 4. The lowest BCUT2D eigenvalue weighted by Crippen LogP contribution is -2.60. The van der Waals surface area contributed by atoms with E-state index in [2.05, 4.69) is 22.3 Å². The number of ether oxygens (including phenoxy) is 1. The standard InChI is InChI=1S/C21H26N2O3/c24-17-21(22-20(25)26-15-19-10-5-2-6-11-19)12-7-13-23(16-21)14-18-8-3-1-4-9-18/h1-6,8-11,24H,7,12-17H2,(H,22,25). The first-order valence-electron chi connectivity index (χ1n) is 9.05. The van der Waals surface area contributed by atoms with E-state index in [1.807, 2.05) is 48.5 Å². The Kier molecular flexibility index (Phi) is 6.26. The lowest BCUT2D eigenvalue weighted by atomic mass is 9.89. The first kappa shape index (κ1) is 18.4. The zero-order valence-corrected chi connectivity index (χ0v) is 14.9. The largest absolute Gasteiger partial charge is 0.445 e. The van der Waals surface area contributed by atoms with Gasteiger partial charge < -0.3 is 15.2 Å². The zero-order chi connectivity index (χ0) is 18.2. The van der Waals surface area contributed by atoms with Crippen molar-refractivity contribution in [1.29, 1.82) is 0 Å². The lowest BCUT2D eigenvalue weighted by Gasteiger charge is -2.42. The minimum atomic E-state index is -0.652. The summed E-state index contributed by atoms with van der Waals surface area (Å²) in [6.45, 7) is 2.50. The molecule has 1 unspecified atom stereocenters. The van der Waals surface area contributed by atoms with Gasteiger partial charge in [-0.25, -0.2) is 4.79 Å². The normalized spacial score (nSPS) is 20.5. The van der Waals surface area contributed by atoms with Crippen molar-refractivity contribution in [2.75, 3.05) is 19.7 Å². The summed E-state index contributed by atoms with van der Waals surface area (Å²) < 4.78 is 5.33. The average molecular weight is 354 g/mol. The number of nitrogens with zero attached hydrogens (tertiary/aromatic N) is 1. The fourth-order valence-electron chi connectivity index (χ4n) is 3.45. The third kappa shape index (κ3) is 5.07. The van der Waals surface area contributed by atoms with Crippen LogP contribution in [-0.2, 0) is 17.9 Å². The molecule has 2 aromatic rings. The van der Waals surface area contributed by atoms with Crippen LogP contribution in [0.2, 0.25) is 0 Å². The van der Waals surface area contributed by atoms with Crippen LogP contribution in [0.5, 0.6) is 0 Å². The van der Waals surface area contributed by atoms with Gasteiger partial charge in [-0.1, -0.05) is 60.7 Å². The maximum absolute atomic E-state index is 12.3. The highest BCUT2D eigenvalue weighted by Crippen LogP contribution is 2.23. The van der Waals surface area contributed by atoms with Crippen LogP contribution in [0.3, 0.4) is 0 Å². The summed E-state index contributed by atoms with van der Waals surface area (Å²) in [5.74, 6) is 0. The van der Waals surface area contributed by atoms with Gasteiger partial charge in [-0.05, 0) is 30.5 Å². The SMILES string of the molecule is O=C(NC1(CO)CCCN(Cc2ccccc2)C1)OCc1ccccc1. The van der Waals surface area contributed by atoms with Crippen LogP contribution in [0.1, 0.15) is 24.0 Å². The van der Waals surface area contributed by atoms with Crippen molar-refractivity contribution in [3.63, 3.8) is 0 Å². The smallest absolute Gasteiger partial charge is 0.408 e. The van der Waals surface area contributed by atoms with E-state index >= 15 is 0 Å². The monoisotopic (exact) mass is 354 g/mol. The lowest BCUT2D eigenvalue weighted by molar-refractivity contribution is 0.0533. The van der Waals surface area contributed by atoms with Crippen LogP contribution in [-0.4, -0.2) is 41.3 Å². The summed E-state index contributed by atoms with van der Waals surface area (Å²) in [5, 5.41) is 12.9. The van der Waals surface area contributed by atoms with Crippen LogP contribution in [0, 0.1) is 0 Å². The van der Waals surface area contributed by atoms with Crippen LogP contribution < -0.4 is 5.32 Å². The number of piperidine rings is 1. The number of carbonyl (C=O) groups is 1. The second-order valence-electron chi connectivity index (χ2n) is 6.92. The Labute approximate surface area is 154 Å². The van der Waals surface area contributed by atoms with Crippen LogP contribution in [0.4, 0.5) is 4.79 Å². The molecule has 1 aliphatic rings. The van der Waals surface area contributed by atoms with Crippen LogP contribution >= 0.6 is 0 Å². The van der Waals surface area contributed by atoms with Gasteiger partial charge in [0.15, 0.2) is 0 Å². The Bertz CT molecular complexity index is 693. The molecule has 0 bridgehead atoms. The van der Waals surface area contributed by atoms with Gasteiger partial charge in [0.2, 0.25) is 0 Å². The quantitative estimate of drug-likeness (QED) is 0.837. The molecule has 2 N–H and O–H groups in total. The number of alkyl carbamates (subject to hydrolysis) is 1.